The lowest BCUT2D eigenvalue weighted by Crippen LogP contribution is -2.35. The van der Waals surface area contributed by atoms with Crippen LogP contribution in [0.25, 0.3) is 0 Å². The second kappa shape index (κ2) is 8.25. The molecule has 0 saturated carbocycles. The largest absolute Gasteiger partial charge is 0.302 e. The van der Waals surface area contributed by atoms with E-state index in [0.29, 0.717) is 0 Å². The van der Waals surface area contributed by atoms with Gasteiger partial charge in [0.2, 0.25) is 0 Å². The molecule has 1 saturated heterocycles. The summed E-state index contributed by atoms with van der Waals surface area (Å²) in [6.07, 6.45) is 1.34. The maximum absolute atomic E-state index is 2.58. The number of nitrogens with zero attached hydrogens (tertiary/aromatic N) is 2. The van der Waals surface area contributed by atoms with Gasteiger partial charge in [-0.15, -0.1) is 0 Å². The first-order chi connectivity index (χ1) is 6.74. The van der Waals surface area contributed by atoms with Gasteiger partial charge in [-0.25, -0.2) is 0 Å². The Kier molecular flexibility index (Phi) is 8.20. The molecule has 0 aromatic rings. The van der Waals surface area contributed by atoms with Crippen LogP contribution < -0.4 is 0 Å². The summed E-state index contributed by atoms with van der Waals surface area (Å²) in [5.74, 6) is 0. The summed E-state index contributed by atoms with van der Waals surface area (Å²) >= 11 is 0. The third kappa shape index (κ3) is 4.97. The zero-order valence-corrected chi connectivity index (χ0v) is 10.7. The van der Waals surface area contributed by atoms with Gasteiger partial charge in [0.15, 0.2) is 0 Å². The van der Waals surface area contributed by atoms with Gasteiger partial charge in [0.1, 0.15) is 0 Å². The van der Waals surface area contributed by atoms with Crippen LogP contribution in [0.2, 0.25) is 0 Å². The predicted molar refractivity (Wildman–Crippen MR) is 64.8 cm³/mol. The molecule has 0 amide bonds. The molecule has 14 heavy (non-hydrogen) atoms. The van der Waals surface area contributed by atoms with E-state index in [2.05, 4.69) is 30.6 Å². The maximum Gasteiger partial charge on any atom is 0.0112 e. The molecule has 1 aliphatic heterocycles. The summed E-state index contributed by atoms with van der Waals surface area (Å²) in [5.41, 5.74) is 0. The third-order valence-corrected chi connectivity index (χ3v) is 2.80. The lowest BCUT2D eigenvalue weighted by Gasteiger charge is -2.24. The Hall–Kier alpha value is -0.0800. The SMILES string of the molecule is CC.CCN1CCCN(C(C)C)CC1. The van der Waals surface area contributed by atoms with Crippen LogP contribution in [0.5, 0.6) is 0 Å². The zero-order chi connectivity index (χ0) is 11.0. The van der Waals surface area contributed by atoms with E-state index in [-0.39, 0.29) is 0 Å². The van der Waals surface area contributed by atoms with Gasteiger partial charge in [0.05, 0.1) is 0 Å². The van der Waals surface area contributed by atoms with Crippen molar-refractivity contribution in [2.24, 2.45) is 0 Å². The van der Waals surface area contributed by atoms with E-state index in [4.69, 9.17) is 0 Å². The van der Waals surface area contributed by atoms with Gasteiger partial charge < -0.3 is 4.90 Å². The van der Waals surface area contributed by atoms with E-state index < -0.39 is 0 Å². The van der Waals surface area contributed by atoms with Gasteiger partial charge in [0, 0.05) is 19.1 Å². The Balaban J connectivity index is 0.000000791. The summed E-state index contributed by atoms with van der Waals surface area (Å²) in [6, 6.07) is 0.724. The molecule has 0 aromatic heterocycles. The minimum atomic E-state index is 0.724. The highest BCUT2D eigenvalue weighted by Gasteiger charge is 2.14. The highest BCUT2D eigenvalue weighted by atomic mass is 15.2. The minimum Gasteiger partial charge on any atom is -0.302 e. The molecule has 0 bridgehead atoms. The van der Waals surface area contributed by atoms with Gasteiger partial charge in [-0.3, -0.25) is 4.90 Å². The number of likely N-dealkylation sites (N-methyl/N-ethyl adjacent to an activating group) is 1. The Morgan fingerprint density at radius 1 is 1.00 bits per heavy atom. The van der Waals surface area contributed by atoms with Crippen molar-refractivity contribution in [3.8, 4) is 0 Å². The van der Waals surface area contributed by atoms with Gasteiger partial charge in [-0.1, -0.05) is 20.8 Å². The van der Waals surface area contributed by atoms with Gasteiger partial charge in [-0.2, -0.15) is 0 Å². The average Bonchev–Trinajstić information content (AvgIpc) is 2.45. The van der Waals surface area contributed by atoms with E-state index in [1.54, 1.807) is 0 Å². The van der Waals surface area contributed by atoms with Crippen molar-refractivity contribution in [3.05, 3.63) is 0 Å². The van der Waals surface area contributed by atoms with E-state index in [0.717, 1.165) is 6.04 Å². The molecule has 0 N–H and O–H groups in total. The first-order valence-electron chi connectivity index (χ1n) is 6.20. The fourth-order valence-electron chi connectivity index (χ4n) is 1.82. The second-order valence-corrected chi connectivity index (χ2v) is 3.92. The Morgan fingerprint density at radius 2 is 1.64 bits per heavy atom. The summed E-state index contributed by atoms with van der Waals surface area (Å²) in [7, 11) is 0. The van der Waals surface area contributed by atoms with Crippen LogP contribution in [-0.4, -0.2) is 48.6 Å². The normalized spacial score (nSPS) is 20.1. The summed E-state index contributed by atoms with van der Waals surface area (Å²) in [6.45, 7) is 17.1. The van der Waals surface area contributed by atoms with Crippen molar-refractivity contribution < 1.29 is 0 Å². The molecule has 1 rings (SSSR count). The van der Waals surface area contributed by atoms with Crippen molar-refractivity contribution in [2.45, 2.75) is 47.1 Å². The van der Waals surface area contributed by atoms with Crippen LogP contribution in [0, 0.1) is 0 Å². The first kappa shape index (κ1) is 13.9. The molecule has 0 radical (unpaired) electrons. The molecule has 1 fully saturated rings. The standard InChI is InChI=1S/C10H22N2.C2H6/c1-4-11-6-5-7-12(9-8-11)10(2)3;1-2/h10H,4-9H2,1-3H3;1-2H3. The topological polar surface area (TPSA) is 6.48 Å². The van der Waals surface area contributed by atoms with E-state index >= 15 is 0 Å². The summed E-state index contributed by atoms with van der Waals surface area (Å²) in [5, 5.41) is 0. The average molecular weight is 200 g/mol. The molecule has 0 spiro atoms. The van der Waals surface area contributed by atoms with Crippen LogP contribution in [0.3, 0.4) is 0 Å². The Bertz CT molecular complexity index is 123. The Labute approximate surface area is 90.3 Å². The molecule has 0 aliphatic carbocycles. The van der Waals surface area contributed by atoms with Crippen LogP contribution in [0.1, 0.15) is 41.0 Å². The number of hydrogen-bond acceptors (Lipinski definition) is 2. The molecule has 86 valence electrons. The molecule has 0 unspecified atom stereocenters. The van der Waals surface area contributed by atoms with Crippen molar-refractivity contribution >= 4 is 0 Å². The highest BCUT2D eigenvalue weighted by molar-refractivity contribution is 4.70. The van der Waals surface area contributed by atoms with E-state index in [9.17, 15) is 0 Å². The fourth-order valence-corrected chi connectivity index (χ4v) is 1.82. The minimum absolute atomic E-state index is 0.724. The lowest BCUT2D eigenvalue weighted by molar-refractivity contribution is 0.223. The van der Waals surface area contributed by atoms with Crippen molar-refractivity contribution in [1.29, 1.82) is 0 Å². The molecular weight excluding hydrogens is 172 g/mol. The van der Waals surface area contributed by atoms with Crippen molar-refractivity contribution in [2.75, 3.05) is 32.7 Å². The smallest absolute Gasteiger partial charge is 0.0112 e. The lowest BCUT2D eigenvalue weighted by atomic mass is 10.3. The van der Waals surface area contributed by atoms with E-state index in [1.807, 2.05) is 13.8 Å². The third-order valence-electron chi connectivity index (χ3n) is 2.80. The molecule has 1 aliphatic rings. The molecular formula is C12H28N2. The Morgan fingerprint density at radius 3 is 2.14 bits per heavy atom. The van der Waals surface area contributed by atoms with E-state index in [1.165, 1.54) is 39.1 Å². The molecule has 0 atom stereocenters. The van der Waals surface area contributed by atoms with Gasteiger partial charge in [-0.05, 0) is 39.9 Å². The van der Waals surface area contributed by atoms with Crippen LogP contribution in [0.15, 0.2) is 0 Å². The number of rotatable bonds is 2. The van der Waals surface area contributed by atoms with Crippen LogP contribution >= 0.6 is 0 Å². The summed E-state index contributed by atoms with van der Waals surface area (Å²) < 4.78 is 0. The van der Waals surface area contributed by atoms with Crippen LogP contribution in [-0.2, 0) is 0 Å². The van der Waals surface area contributed by atoms with Gasteiger partial charge >= 0.3 is 0 Å². The maximum atomic E-state index is 2.58. The fraction of sp³-hybridized carbons (Fsp3) is 1.00. The molecule has 0 aromatic carbocycles. The van der Waals surface area contributed by atoms with Gasteiger partial charge in [0.25, 0.3) is 0 Å². The van der Waals surface area contributed by atoms with Crippen LogP contribution in [0.4, 0.5) is 0 Å². The molecule has 1 heterocycles. The quantitative estimate of drug-likeness (QED) is 0.675. The monoisotopic (exact) mass is 200 g/mol. The molecule has 2 nitrogen and oxygen atoms in total. The highest BCUT2D eigenvalue weighted by Crippen LogP contribution is 2.05. The molecule has 2 heteroatoms. The predicted octanol–water partition coefficient (Wildman–Crippen LogP) is 2.45. The first-order valence-corrected chi connectivity index (χ1v) is 6.20. The second-order valence-electron chi connectivity index (χ2n) is 3.92. The van der Waals surface area contributed by atoms with Crippen molar-refractivity contribution in [1.82, 2.24) is 9.80 Å². The zero-order valence-electron chi connectivity index (χ0n) is 10.7. The van der Waals surface area contributed by atoms with Crippen molar-refractivity contribution in [3.63, 3.8) is 0 Å². The summed E-state index contributed by atoms with van der Waals surface area (Å²) in [4.78, 5) is 5.12. The number of hydrogen-bond donors (Lipinski definition) is 0.